The standard InChI is InChI=1S/C24H29F6NO2Si/c1-15-9-16(2)22(17(3)10-15)34(33-5,31-8-6-7-20(31)14-32-4)21-12-18(23(25,26)27)11-19(13-21)24(28,29)30/h9-13,20H,6-8,14H2,1-5H3/t20-,34?/m0/s1. The lowest BCUT2D eigenvalue weighted by Crippen LogP contribution is -2.74. The molecule has 2 atom stereocenters. The summed E-state index contributed by atoms with van der Waals surface area (Å²) in [6.07, 6.45) is -8.45. The molecule has 188 valence electrons. The van der Waals surface area contributed by atoms with E-state index in [2.05, 4.69) is 0 Å². The van der Waals surface area contributed by atoms with Crippen LogP contribution in [0, 0.1) is 20.8 Å². The van der Waals surface area contributed by atoms with Gasteiger partial charge in [0.05, 0.1) is 17.7 Å². The molecular weight excluding hydrogens is 476 g/mol. The van der Waals surface area contributed by atoms with E-state index in [4.69, 9.17) is 9.16 Å². The van der Waals surface area contributed by atoms with Gasteiger partial charge in [0.15, 0.2) is 0 Å². The zero-order chi connectivity index (χ0) is 25.5. The molecule has 0 amide bonds. The molecule has 1 heterocycles. The van der Waals surface area contributed by atoms with Crippen LogP contribution < -0.4 is 10.4 Å². The lowest BCUT2D eigenvalue weighted by atomic mass is 10.1. The van der Waals surface area contributed by atoms with E-state index in [-0.39, 0.29) is 17.3 Å². The molecule has 1 fully saturated rings. The smallest absolute Gasteiger partial charge is 0.400 e. The van der Waals surface area contributed by atoms with Gasteiger partial charge in [0, 0.05) is 20.3 Å². The Labute approximate surface area is 196 Å². The molecule has 1 unspecified atom stereocenters. The fourth-order valence-corrected chi connectivity index (χ4v) is 9.96. The van der Waals surface area contributed by atoms with Crippen LogP contribution in [-0.4, -0.2) is 46.5 Å². The van der Waals surface area contributed by atoms with E-state index in [1.165, 1.54) is 14.2 Å². The highest BCUT2D eigenvalue weighted by Gasteiger charge is 2.53. The van der Waals surface area contributed by atoms with E-state index >= 15 is 0 Å². The molecule has 0 N–H and O–H groups in total. The van der Waals surface area contributed by atoms with Crippen LogP contribution in [0.4, 0.5) is 26.3 Å². The highest BCUT2D eigenvalue weighted by molar-refractivity contribution is 6.96. The van der Waals surface area contributed by atoms with Crippen molar-refractivity contribution in [3.8, 4) is 0 Å². The van der Waals surface area contributed by atoms with E-state index in [1.807, 2.05) is 37.5 Å². The number of nitrogens with zero attached hydrogens (tertiary/aromatic N) is 1. The maximum Gasteiger partial charge on any atom is 0.416 e. The molecule has 10 heteroatoms. The third kappa shape index (κ3) is 4.91. The van der Waals surface area contributed by atoms with Gasteiger partial charge in [0.1, 0.15) is 0 Å². The van der Waals surface area contributed by atoms with Crippen LogP contribution in [0.5, 0.6) is 0 Å². The summed E-state index contributed by atoms with van der Waals surface area (Å²) in [6, 6.07) is 5.44. The summed E-state index contributed by atoms with van der Waals surface area (Å²) in [5.41, 5.74) is -0.167. The minimum Gasteiger partial charge on any atom is -0.400 e. The number of rotatable bonds is 6. The third-order valence-corrected chi connectivity index (χ3v) is 11.0. The molecular formula is C24H29F6NO2Si. The van der Waals surface area contributed by atoms with Gasteiger partial charge in [-0.05, 0) is 79.9 Å². The first-order chi connectivity index (χ1) is 15.8. The molecule has 0 spiro atoms. The second-order valence-electron chi connectivity index (χ2n) is 8.86. The number of methoxy groups -OCH3 is 1. The van der Waals surface area contributed by atoms with Gasteiger partial charge >= 0.3 is 20.8 Å². The monoisotopic (exact) mass is 505 g/mol. The molecule has 1 saturated heterocycles. The van der Waals surface area contributed by atoms with Crippen molar-refractivity contribution >= 4 is 18.9 Å². The summed E-state index contributed by atoms with van der Waals surface area (Å²) in [5, 5.41) is 0.603. The molecule has 2 aromatic carbocycles. The van der Waals surface area contributed by atoms with E-state index < -0.39 is 32.0 Å². The minimum atomic E-state index is -4.95. The highest BCUT2D eigenvalue weighted by atomic mass is 28.4. The van der Waals surface area contributed by atoms with Crippen molar-refractivity contribution in [2.45, 2.75) is 52.0 Å². The number of aryl methyl sites for hydroxylation is 3. The van der Waals surface area contributed by atoms with E-state index in [1.54, 1.807) is 0 Å². The number of hydrogen-bond acceptors (Lipinski definition) is 3. The quantitative estimate of drug-likeness (QED) is 0.409. The molecule has 0 aliphatic carbocycles. The maximum absolute atomic E-state index is 13.8. The summed E-state index contributed by atoms with van der Waals surface area (Å²) in [6.45, 7) is 6.34. The fourth-order valence-electron chi connectivity index (χ4n) is 5.27. The Balaban J connectivity index is 2.44. The molecule has 0 aromatic heterocycles. The largest absolute Gasteiger partial charge is 0.416 e. The molecule has 34 heavy (non-hydrogen) atoms. The van der Waals surface area contributed by atoms with Crippen LogP contribution >= 0.6 is 0 Å². The van der Waals surface area contributed by atoms with Crippen molar-refractivity contribution in [3.05, 3.63) is 58.1 Å². The Morgan fingerprint density at radius 3 is 1.85 bits per heavy atom. The van der Waals surface area contributed by atoms with Gasteiger partial charge in [-0.25, -0.2) is 0 Å². The predicted octanol–water partition coefficient (Wildman–Crippen LogP) is 4.96. The van der Waals surface area contributed by atoms with Crippen LogP contribution in [0.25, 0.3) is 0 Å². The summed E-state index contributed by atoms with van der Waals surface area (Å²) >= 11 is 0. The molecule has 3 nitrogen and oxygen atoms in total. The van der Waals surface area contributed by atoms with Gasteiger partial charge in [-0.3, -0.25) is 4.57 Å². The first-order valence-electron chi connectivity index (χ1n) is 10.9. The second kappa shape index (κ2) is 9.64. The topological polar surface area (TPSA) is 21.7 Å². The molecule has 0 bridgehead atoms. The molecule has 1 aliphatic rings. The Hall–Kier alpha value is -1.88. The Kier molecular flexibility index (Phi) is 7.57. The van der Waals surface area contributed by atoms with Crippen molar-refractivity contribution in [3.63, 3.8) is 0 Å². The zero-order valence-electron chi connectivity index (χ0n) is 19.8. The van der Waals surface area contributed by atoms with Crippen molar-refractivity contribution in [2.24, 2.45) is 0 Å². The van der Waals surface area contributed by atoms with Gasteiger partial charge in [-0.1, -0.05) is 17.7 Å². The molecule has 2 aromatic rings. The van der Waals surface area contributed by atoms with Crippen molar-refractivity contribution in [2.75, 3.05) is 27.4 Å². The van der Waals surface area contributed by atoms with Crippen LogP contribution in [0.1, 0.15) is 40.7 Å². The van der Waals surface area contributed by atoms with Crippen molar-refractivity contribution in [1.29, 1.82) is 0 Å². The van der Waals surface area contributed by atoms with Crippen LogP contribution in [-0.2, 0) is 21.5 Å². The zero-order valence-corrected chi connectivity index (χ0v) is 20.8. The second-order valence-corrected chi connectivity index (χ2v) is 12.2. The Bertz CT molecular complexity index is 984. The summed E-state index contributed by atoms with van der Waals surface area (Å²) in [4.78, 5) is 0. The highest BCUT2D eigenvalue weighted by Crippen LogP contribution is 2.36. The van der Waals surface area contributed by atoms with Gasteiger partial charge in [0.2, 0.25) is 0 Å². The first-order valence-corrected chi connectivity index (χ1v) is 12.8. The molecule has 0 saturated carbocycles. The number of benzene rings is 2. The lowest BCUT2D eigenvalue weighted by Gasteiger charge is -2.43. The van der Waals surface area contributed by atoms with Gasteiger partial charge in [-0.15, -0.1) is 0 Å². The van der Waals surface area contributed by atoms with Gasteiger partial charge in [0.25, 0.3) is 0 Å². The average Bonchev–Trinajstić information content (AvgIpc) is 3.18. The van der Waals surface area contributed by atoms with Crippen molar-refractivity contribution < 1.29 is 35.5 Å². The molecule has 1 aliphatic heterocycles. The maximum atomic E-state index is 13.8. The van der Waals surface area contributed by atoms with Crippen molar-refractivity contribution in [1.82, 2.24) is 4.57 Å². The number of ether oxygens (including phenoxy) is 1. The number of halogens is 6. The predicted molar refractivity (Wildman–Crippen MR) is 121 cm³/mol. The van der Waals surface area contributed by atoms with Crippen LogP contribution in [0.2, 0.25) is 0 Å². The summed E-state index contributed by atoms with van der Waals surface area (Å²) in [7, 11) is -0.850. The third-order valence-electron chi connectivity index (χ3n) is 6.43. The van der Waals surface area contributed by atoms with Crippen LogP contribution in [0.15, 0.2) is 30.3 Å². The number of hydrogen-bond donors (Lipinski definition) is 0. The average molecular weight is 506 g/mol. The summed E-state index contributed by atoms with van der Waals surface area (Å²) in [5.74, 6) is 0. The minimum absolute atomic E-state index is 0.0739. The van der Waals surface area contributed by atoms with Crippen LogP contribution in [0.3, 0.4) is 0 Å². The van der Waals surface area contributed by atoms with E-state index in [9.17, 15) is 26.3 Å². The number of alkyl halides is 6. The van der Waals surface area contributed by atoms with E-state index in [0.717, 1.165) is 35.2 Å². The Morgan fingerprint density at radius 1 is 0.882 bits per heavy atom. The van der Waals surface area contributed by atoms with Gasteiger partial charge in [-0.2, -0.15) is 26.3 Å². The van der Waals surface area contributed by atoms with Gasteiger partial charge < -0.3 is 9.16 Å². The summed E-state index contributed by atoms with van der Waals surface area (Å²) < 4.78 is 96.3. The normalized spacial score (nSPS) is 19.4. The van der Waals surface area contributed by atoms with E-state index in [0.29, 0.717) is 24.8 Å². The molecule has 3 rings (SSSR count). The lowest BCUT2D eigenvalue weighted by molar-refractivity contribution is -0.143. The first kappa shape index (κ1) is 26.7. The SMILES string of the molecule is COC[C@@H]1CCCN1[Si](OC)(c1cc(C(F)(F)F)cc(C(F)(F)F)c1)c1c(C)cc(C)cc1C. The molecule has 0 radical (unpaired) electrons. The fraction of sp³-hybridized carbons (Fsp3) is 0.500. The Morgan fingerprint density at radius 2 is 1.41 bits per heavy atom.